The van der Waals surface area contributed by atoms with Gasteiger partial charge in [-0.05, 0) is 12.5 Å². The van der Waals surface area contributed by atoms with Crippen molar-refractivity contribution >= 4 is 32.8 Å². The highest BCUT2D eigenvalue weighted by Crippen LogP contribution is 2.40. The van der Waals surface area contributed by atoms with Crippen LogP contribution in [0.3, 0.4) is 0 Å². The maximum absolute atomic E-state index is 14.5. The third kappa shape index (κ3) is 6.07. The maximum Gasteiger partial charge on any atom is 0.418 e. The molecule has 0 unspecified atom stereocenters. The second kappa shape index (κ2) is 9.19. The molecule has 0 spiro atoms. The molecule has 0 atom stereocenters. The second-order valence-electron chi connectivity index (χ2n) is 6.71. The molecule has 9 nitrogen and oxygen atoms in total. The lowest BCUT2D eigenvalue weighted by molar-refractivity contribution is -0.136. The van der Waals surface area contributed by atoms with E-state index in [0.29, 0.717) is 18.3 Å². The third-order valence-corrected chi connectivity index (χ3v) is 5.06. The maximum atomic E-state index is 14.5. The number of halogens is 5. The van der Waals surface area contributed by atoms with E-state index < -0.39 is 56.3 Å². The van der Waals surface area contributed by atoms with Crippen molar-refractivity contribution in [3.8, 4) is 11.5 Å². The average molecular weight is 493 g/mol. The molecule has 2 aromatic heterocycles. The highest BCUT2D eigenvalue weighted by atomic mass is 32.2. The normalized spacial score (nSPS) is 12.1. The lowest BCUT2D eigenvalue weighted by Gasteiger charge is -2.13. The summed E-state index contributed by atoms with van der Waals surface area (Å²) in [6, 6.07) is 1.53. The number of alkyl halides is 3. The fourth-order valence-corrected chi connectivity index (χ4v) is 3.37. The number of nitrogens with zero attached hydrogens (tertiary/aromatic N) is 1. The van der Waals surface area contributed by atoms with E-state index in [9.17, 15) is 35.2 Å². The summed E-state index contributed by atoms with van der Waals surface area (Å²) in [7, 11) is -3.70. The fourth-order valence-electron chi connectivity index (χ4n) is 2.83. The van der Waals surface area contributed by atoms with Crippen molar-refractivity contribution in [2.24, 2.45) is 5.14 Å². The van der Waals surface area contributed by atoms with Crippen molar-refractivity contribution in [1.29, 1.82) is 0 Å². The molecule has 0 saturated heterocycles. The molecule has 2 amide bonds. The minimum absolute atomic E-state index is 0.0151. The quantitative estimate of drug-likeness (QED) is 0.295. The number of carbonyl (C=O) groups excluding carboxylic acids is 1. The number of benzene rings is 1. The zero-order valence-corrected chi connectivity index (χ0v) is 17.3. The summed E-state index contributed by atoms with van der Waals surface area (Å²) in [5, 5.41) is 8.72. The van der Waals surface area contributed by atoms with E-state index in [4.69, 9.17) is 9.88 Å². The number of fused-ring (bicyclic) bond motifs is 1. The number of urea groups is 1. The zero-order chi connectivity index (χ0) is 24.4. The number of hydrogen-bond donors (Lipinski definition) is 4. The molecule has 15 heteroatoms. The van der Waals surface area contributed by atoms with Crippen LogP contribution in [-0.2, 0) is 16.2 Å². The summed E-state index contributed by atoms with van der Waals surface area (Å²) in [4.78, 5) is 17.8. The number of H-pyrrole nitrogens is 1. The summed E-state index contributed by atoms with van der Waals surface area (Å²) in [5.41, 5.74) is -1.64. The van der Waals surface area contributed by atoms with Gasteiger partial charge in [0.1, 0.15) is 11.4 Å². The van der Waals surface area contributed by atoms with Crippen LogP contribution >= 0.6 is 0 Å². The Balaban J connectivity index is 1.77. The van der Waals surface area contributed by atoms with E-state index in [2.05, 4.69) is 20.6 Å². The average Bonchev–Trinajstić information content (AvgIpc) is 3.13. The Bertz CT molecular complexity index is 1270. The van der Waals surface area contributed by atoms with Gasteiger partial charge in [-0.2, -0.15) is 13.2 Å². The van der Waals surface area contributed by atoms with Crippen molar-refractivity contribution in [2.75, 3.05) is 17.6 Å². The predicted molar refractivity (Wildman–Crippen MR) is 107 cm³/mol. The number of primary sulfonamides is 1. The van der Waals surface area contributed by atoms with Crippen LogP contribution in [0.2, 0.25) is 0 Å². The number of carbonyl (C=O) groups is 1. The number of rotatable bonds is 7. The molecule has 5 N–H and O–H groups in total. The van der Waals surface area contributed by atoms with Gasteiger partial charge in [-0.1, -0.05) is 0 Å². The molecule has 0 radical (unpaired) electrons. The molecule has 33 heavy (non-hydrogen) atoms. The molecule has 0 aliphatic carbocycles. The second-order valence-corrected chi connectivity index (χ2v) is 8.44. The van der Waals surface area contributed by atoms with Crippen molar-refractivity contribution in [2.45, 2.75) is 12.6 Å². The minimum atomic E-state index is -4.77. The molecule has 0 bridgehead atoms. The lowest BCUT2D eigenvalue weighted by atomic mass is 10.2. The Morgan fingerprint density at radius 3 is 2.48 bits per heavy atom. The number of sulfonamides is 1. The van der Waals surface area contributed by atoms with Gasteiger partial charge in [0, 0.05) is 36.8 Å². The van der Waals surface area contributed by atoms with Gasteiger partial charge in [0.25, 0.3) is 0 Å². The number of aromatic amines is 1. The number of hydrogen-bond acceptors (Lipinski definition) is 5. The number of nitrogens with one attached hydrogen (secondary N) is 3. The first kappa shape index (κ1) is 24.2. The number of nitrogens with two attached hydrogens (primary N) is 1. The molecule has 0 saturated carbocycles. The molecular weight excluding hydrogens is 477 g/mol. The monoisotopic (exact) mass is 493 g/mol. The molecule has 2 heterocycles. The van der Waals surface area contributed by atoms with Crippen LogP contribution in [0.15, 0.2) is 30.6 Å². The molecule has 0 fully saturated rings. The molecule has 3 rings (SSSR count). The van der Waals surface area contributed by atoms with Crippen molar-refractivity contribution in [1.82, 2.24) is 15.3 Å². The van der Waals surface area contributed by atoms with Gasteiger partial charge in [-0.15, -0.1) is 0 Å². The first-order valence-electron chi connectivity index (χ1n) is 9.10. The third-order valence-electron chi connectivity index (χ3n) is 4.20. The smallest absolute Gasteiger partial charge is 0.418 e. The van der Waals surface area contributed by atoms with Crippen LogP contribution in [0.25, 0.3) is 11.0 Å². The van der Waals surface area contributed by atoms with Crippen LogP contribution in [-0.4, -0.2) is 36.7 Å². The molecule has 0 aliphatic heterocycles. The Labute approximate surface area is 183 Å². The van der Waals surface area contributed by atoms with Crippen LogP contribution in [0.5, 0.6) is 11.5 Å². The summed E-state index contributed by atoms with van der Waals surface area (Å²) < 4.78 is 95.4. The number of pyridine rings is 1. The van der Waals surface area contributed by atoms with Crippen molar-refractivity contribution in [3.05, 3.63) is 47.8 Å². The summed E-state index contributed by atoms with van der Waals surface area (Å²) >= 11 is 0. The largest absolute Gasteiger partial charge is 0.450 e. The minimum Gasteiger partial charge on any atom is -0.450 e. The van der Waals surface area contributed by atoms with Gasteiger partial charge in [0.15, 0.2) is 17.4 Å². The first-order chi connectivity index (χ1) is 15.3. The van der Waals surface area contributed by atoms with E-state index in [-0.39, 0.29) is 30.1 Å². The summed E-state index contributed by atoms with van der Waals surface area (Å²) in [5.74, 6) is -4.44. The van der Waals surface area contributed by atoms with E-state index in [1.807, 2.05) is 0 Å². The van der Waals surface area contributed by atoms with E-state index >= 15 is 0 Å². The number of aromatic nitrogens is 2. The molecular formula is C18H16F5N5O4S. The van der Waals surface area contributed by atoms with Gasteiger partial charge >= 0.3 is 12.2 Å². The standard InChI is InChI=1S/C18H16F5N5O4S/c19-11-6-9(28-17(29)26-3-1-5-33(24,30)31)7-12(20)15(11)32-13-2-4-25-16-14(13)10(8-27-16)18(21,22)23/h2,4,6-8H,1,3,5H2,(H,25,27)(H2,24,30,31)(H2,26,28,29). The highest BCUT2D eigenvalue weighted by Gasteiger charge is 2.35. The van der Waals surface area contributed by atoms with Crippen molar-refractivity contribution in [3.63, 3.8) is 0 Å². The molecule has 0 aliphatic rings. The van der Waals surface area contributed by atoms with Gasteiger partial charge in [-0.25, -0.2) is 32.1 Å². The van der Waals surface area contributed by atoms with E-state index in [0.717, 1.165) is 12.3 Å². The lowest BCUT2D eigenvalue weighted by Crippen LogP contribution is -2.31. The van der Waals surface area contributed by atoms with Gasteiger partial charge < -0.3 is 20.4 Å². The highest BCUT2D eigenvalue weighted by molar-refractivity contribution is 7.89. The molecule has 178 valence electrons. The van der Waals surface area contributed by atoms with Crippen molar-refractivity contribution < 1.29 is 39.9 Å². The van der Waals surface area contributed by atoms with Crippen LogP contribution < -0.4 is 20.5 Å². The van der Waals surface area contributed by atoms with Crippen LogP contribution in [0.1, 0.15) is 12.0 Å². The number of ether oxygens (including phenoxy) is 1. The Hall–Kier alpha value is -3.46. The van der Waals surface area contributed by atoms with Gasteiger partial charge in [0.05, 0.1) is 16.7 Å². The first-order valence-corrected chi connectivity index (χ1v) is 10.8. The van der Waals surface area contributed by atoms with E-state index in [1.165, 1.54) is 0 Å². The Morgan fingerprint density at radius 2 is 1.88 bits per heavy atom. The Kier molecular flexibility index (Phi) is 6.73. The molecule has 3 aromatic rings. The van der Waals surface area contributed by atoms with Gasteiger partial charge in [-0.3, -0.25) is 0 Å². The zero-order valence-electron chi connectivity index (χ0n) is 16.5. The predicted octanol–water partition coefficient (Wildman–Crippen LogP) is 3.45. The number of anilines is 1. The van der Waals surface area contributed by atoms with E-state index in [1.54, 1.807) is 0 Å². The van der Waals surface area contributed by atoms with Gasteiger partial charge in [0.2, 0.25) is 10.0 Å². The van der Waals surface area contributed by atoms with Crippen LogP contribution in [0, 0.1) is 11.6 Å². The SMILES string of the molecule is NS(=O)(=O)CCCNC(=O)Nc1cc(F)c(Oc2ccnc3[nH]cc(C(F)(F)F)c23)c(F)c1. The number of amides is 2. The summed E-state index contributed by atoms with van der Waals surface area (Å²) in [6.07, 6.45) is -3.00. The van der Waals surface area contributed by atoms with Crippen LogP contribution in [0.4, 0.5) is 32.4 Å². The fraction of sp³-hybridized carbons (Fsp3) is 0.222. The topological polar surface area (TPSA) is 139 Å². The summed E-state index contributed by atoms with van der Waals surface area (Å²) in [6.45, 7) is -0.0787. The Morgan fingerprint density at radius 1 is 1.21 bits per heavy atom. The molecule has 1 aromatic carbocycles.